The van der Waals surface area contributed by atoms with Crippen LogP contribution in [0.3, 0.4) is 0 Å². The first kappa shape index (κ1) is 18.4. The first-order valence-electron chi connectivity index (χ1n) is 6.08. The Morgan fingerprint density at radius 2 is 2.14 bits per heavy atom. The Labute approximate surface area is 137 Å². The number of halogens is 2. The van der Waals surface area contributed by atoms with E-state index in [0.717, 1.165) is 6.07 Å². The summed E-state index contributed by atoms with van der Waals surface area (Å²) in [5.74, 6) is -0.496. The second-order valence-electron chi connectivity index (χ2n) is 4.28. The maximum Gasteiger partial charge on any atom is 0.252 e. The van der Waals surface area contributed by atoms with Gasteiger partial charge >= 0.3 is 0 Å². The SMILES string of the molecule is CCOC(C)CNC(=O)c1cc(S(N)(=O)=O)c(Br)cc1Cl. The van der Waals surface area contributed by atoms with E-state index in [1.165, 1.54) is 6.07 Å². The van der Waals surface area contributed by atoms with E-state index in [4.69, 9.17) is 21.5 Å². The molecule has 0 bridgehead atoms. The smallest absolute Gasteiger partial charge is 0.252 e. The lowest BCUT2D eigenvalue weighted by molar-refractivity contribution is 0.0695. The Kier molecular flexibility index (Phi) is 6.61. The molecule has 3 N–H and O–H groups in total. The van der Waals surface area contributed by atoms with Crippen molar-refractivity contribution in [2.75, 3.05) is 13.2 Å². The minimum Gasteiger partial charge on any atom is -0.377 e. The molecular weight excluding hydrogens is 384 g/mol. The molecule has 0 saturated carbocycles. The molecule has 1 aromatic carbocycles. The van der Waals surface area contributed by atoms with E-state index in [1.807, 2.05) is 13.8 Å². The lowest BCUT2D eigenvalue weighted by Gasteiger charge is -2.14. The molecule has 0 fully saturated rings. The van der Waals surface area contributed by atoms with Gasteiger partial charge in [-0.25, -0.2) is 13.6 Å². The molecule has 0 heterocycles. The Bertz CT molecular complexity index is 636. The molecule has 1 atom stereocenters. The van der Waals surface area contributed by atoms with Crippen LogP contribution in [0.5, 0.6) is 0 Å². The minimum atomic E-state index is -3.96. The number of amides is 1. The molecule has 6 nitrogen and oxygen atoms in total. The highest BCUT2D eigenvalue weighted by Gasteiger charge is 2.19. The number of primary sulfonamides is 1. The van der Waals surface area contributed by atoms with Gasteiger partial charge in [0.2, 0.25) is 10.0 Å². The van der Waals surface area contributed by atoms with Gasteiger partial charge in [-0.3, -0.25) is 4.79 Å². The van der Waals surface area contributed by atoms with Crippen molar-refractivity contribution in [3.05, 3.63) is 27.2 Å². The second-order valence-corrected chi connectivity index (χ2v) is 7.07. The van der Waals surface area contributed by atoms with Crippen LogP contribution >= 0.6 is 27.5 Å². The summed E-state index contributed by atoms with van der Waals surface area (Å²) >= 11 is 9.02. The number of rotatable bonds is 6. The molecule has 118 valence electrons. The Balaban J connectivity index is 3.00. The van der Waals surface area contributed by atoms with Crippen molar-refractivity contribution in [2.24, 2.45) is 5.14 Å². The van der Waals surface area contributed by atoms with Crippen molar-refractivity contribution in [3.8, 4) is 0 Å². The Hall–Kier alpha value is -0.670. The first-order chi connectivity index (χ1) is 9.66. The average molecular weight is 400 g/mol. The topological polar surface area (TPSA) is 98.5 Å². The number of carbonyl (C=O) groups excluding carboxylic acids is 1. The molecule has 0 aromatic heterocycles. The van der Waals surface area contributed by atoms with E-state index in [1.54, 1.807) is 0 Å². The van der Waals surface area contributed by atoms with Gasteiger partial charge < -0.3 is 10.1 Å². The van der Waals surface area contributed by atoms with Gasteiger partial charge in [0, 0.05) is 17.6 Å². The monoisotopic (exact) mass is 398 g/mol. The van der Waals surface area contributed by atoms with Crippen molar-refractivity contribution in [2.45, 2.75) is 24.8 Å². The predicted molar refractivity (Wildman–Crippen MR) is 83.9 cm³/mol. The number of nitrogens with one attached hydrogen (secondary N) is 1. The number of benzene rings is 1. The van der Waals surface area contributed by atoms with Crippen LogP contribution in [0, 0.1) is 0 Å². The standard InChI is InChI=1S/C12H16BrClN2O4S/c1-3-20-7(2)6-16-12(17)8-4-11(21(15,18)19)9(13)5-10(8)14/h4-5,7H,3,6H2,1-2H3,(H,16,17)(H2,15,18,19). The van der Waals surface area contributed by atoms with Crippen LogP contribution in [0.1, 0.15) is 24.2 Å². The van der Waals surface area contributed by atoms with Crippen LogP contribution in [0.15, 0.2) is 21.5 Å². The van der Waals surface area contributed by atoms with Gasteiger partial charge in [0.15, 0.2) is 0 Å². The van der Waals surface area contributed by atoms with Crippen LogP contribution in [0.25, 0.3) is 0 Å². The first-order valence-corrected chi connectivity index (χ1v) is 8.80. The third-order valence-electron chi connectivity index (χ3n) is 2.57. The van der Waals surface area contributed by atoms with Crippen molar-refractivity contribution >= 4 is 43.5 Å². The van der Waals surface area contributed by atoms with Crippen molar-refractivity contribution < 1.29 is 17.9 Å². The molecule has 1 aromatic rings. The summed E-state index contributed by atoms with van der Waals surface area (Å²) in [6, 6.07) is 2.46. The average Bonchev–Trinajstić information content (AvgIpc) is 2.34. The summed E-state index contributed by atoms with van der Waals surface area (Å²) in [7, 11) is -3.96. The van der Waals surface area contributed by atoms with E-state index in [9.17, 15) is 13.2 Å². The maximum absolute atomic E-state index is 12.1. The molecule has 21 heavy (non-hydrogen) atoms. The van der Waals surface area contributed by atoms with E-state index < -0.39 is 15.9 Å². The molecule has 0 aliphatic rings. The van der Waals surface area contributed by atoms with E-state index in [-0.39, 0.29) is 32.6 Å². The summed E-state index contributed by atoms with van der Waals surface area (Å²) in [5, 5.41) is 7.83. The van der Waals surface area contributed by atoms with Gasteiger partial charge in [-0.15, -0.1) is 0 Å². The van der Waals surface area contributed by atoms with Crippen LogP contribution < -0.4 is 10.5 Å². The largest absolute Gasteiger partial charge is 0.377 e. The highest BCUT2D eigenvalue weighted by atomic mass is 79.9. The van der Waals surface area contributed by atoms with Gasteiger partial charge in [-0.1, -0.05) is 11.6 Å². The maximum atomic E-state index is 12.1. The highest BCUT2D eigenvalue weighted by molar-refractivity contribution is 9.10. The number of hydrogen-bond donors (Lipinski definition) is 2. The van der Waals surface area contributed by atoms with Crippen LogP contribution in [-0.4, -0.2) is 33.6 Å². The zero-order chi connectivity index (χ0) is 16.2. The van der Waals surface area contributed by atoms with Gasteiger partial charge in [-0.05, 0) is 41.9 Å². The predicted octanol–water partition coefficient (Wildman–Crippen LogP) is 1.90. The quantitative estimate of drug-likeness (QED) is 0.763. The molecular formula is C12H16BrClN2O4S. The van der Waals surface area contributed by atoms with Gasteiger partial charge in [0.05, 0.1) is 21.6 Å². The molecule has 0 radical (unpaired) electrons. The fraction of sp³-hybridized carbons (Fsp3) is 0.417. The fourth-order valence-corrected chi connectivity index (χ4v) is 3.61. The zero-order valence-electron chi connectivity index (χ0n) is 11.5. The van der Waals surface area contributed by atoms with Crippen LogP contribution in [0.4, 0.5) is 0 Å². The van der Waals surface area contributed by atoms with Gasteiger partial charge in [0.25, 0.3) is 5.91 Å². The normalized spacial score (nSPS) is 13.0. The lowest BCUT2D eigenvalue weighted by atomic mass is 10.2. The number of sulfonamides is 1. The molecule has 1 amide bonds. The van der Waals surface area contributed by atoms with Crippen molar-refractivity contribution in [3.63, 3.8) is 0 Å². The fourth-order valence-electron chi connectivity index (χ4n) is 1.60. The third kappa shape index (κ3) is 5.23. The van der Waals surface area contributed by atoms with Gasteiger partial charge in [-0.2, -0.15) is 0 Å². The lowest BCUT2D eigenvalue weighted by Crippen LogP contribution is -2.32. The second kappa shape index (κ2) is 7.55. The molecule has 1 rings (SSSR count). The summed E-state index contributed by atoms with van der Waals surface area (Å²) < 4.78 is 28.4. The van der Waals surface area contributed by atoms with E-state index >= 15 is 0 Å². The summed E-state index contributed by atoms with van der Waals surface area (Å²) in [6.45, 7) is 4.47. The summed E-state index contributed by atoms with van der Waals surface area (Å²) in [6.07, 6.45) is -0.161. The number of ether oxygens (including phenoxy) is 1. The summed E-state index contributed by atoms with van der Waals surface area (Å²) in [4.78, 5) is 11.9. The molecule has 0 aliphatic carbocycles. The van der Waals surface area contributed by atoms with Crippen LogP contribution in [0.2, 0.25) is 5.02 Å². The Morgan fingerprint density at radius 1 is 1.52 bits per heavy atom. The van der Waals surface area contributed by atoms with Crippen molar-refractivity contribution in [1.29, 1.82) is 0 Å². The summed E-state index contributed by atoms with van der Waals surface area (Å²) in [5.41, 5.74) is 0.0348. The van der Waals surface area contributed by atoms with Gasteiger partial charge in [0.1, 0.15) is 0 Å². The molecule has 1 unspecified atom stereocenters. The van der Waals surface area contributed by atoms with Crippen LogP contribution in [-0.2, 0) is 14.8 Å². The zero-order valence-corrected chi connectivity index (χ0v) is 14.7. The van der Waals surface area contributed by atoms with E-state index in [0.29, 0.717) is 6.61 Å². The number of hydrogen-bond acceptors (Lipinski definition) is 4. The number of nitrogens with two attached hydrogens (primary N) is 1. The third-order valence-corrected chi connectivity index (χ3v) is 4.76. The van der Waals surface area contributed by atoms with Crippen molar-refractivity contribution in [1.82, 2.24) is 5.32 Å². The minimum absolute atomic E-state index is 0.0348. The number of carbonyl (C=O) groups is 1. The van der Waals surface area contributed by atoms with E-state index in [2.05, 4.69) is 21.2 Å². The molecule has 0 aliphatic heterocycles. The molecule has 0 saturated heterocycles. The molecule has 0 spiro atoms. The molecule has 9 heteroatoms. The highest BCUT2D eigenvalue weighted by Crippen LogP contribution is 2.28. The Morgan fingerprint density at radius 3 is 2.67 bits per heavy atom.